The van der Waals surface area contributed by atoms with Crippen molar-refractivity contribution in [1.82, 2.24) is 5.32 Å². The summed E-state index contributed by atoms with van der Waals surface area (Å²) < 4.78 is 0. The van der Waals surface area contributed by atoms with Crippen LogP contribution in [0.15, 0.2) is 37.0 Å². The van der Waals surface area contributed by atoms with Crippen molar-refractivity contribution in [2.24, 2.45) is 0 Å². The lowest BCUT2D eigenvalue weighted by molar-refractivity contribution is -0.116. The van der Waals surface area contributed by atoms with E-state index in [-0.39, 0.29) is 5.91 Å². The van der Waals surface area contributed by atoms with Crippen LogP contribution in [-0.2, 0) is 4.79 Å². The minimum Gasteiger partial charge on any atom is -0.349 e. The fourth-order valence-electron chi connectivity index (χ4n) is 0.899. The predicted octanol–water partition coefficient (Wildman–Crippen LogP) is 2.59. The minimum absolute atomic E-state index is 0.0515. The van der Waals surface area contributed by atoms with Gasteiger partial charge in [0.05, 0.1) is 0 Å². The average molecular weight is 193 g/mol. The first-order chi connectivity index (χ1) is 6.81. The lowest BCUT2D eigenvalue weighted by Gasteiger charge is -1.94. The zero-order valence-electron chi connectivity index (χ0n) is 8.83. The summed E-state index contributed by atoms with van der Waals surface area (Å²) in [5.41, 5.74) is 0. The van der Waals surface area contributed by atoms with Crippen molar-refractivity contribution in [1.29, 1.82) is 0 Å². The summed E-state index contributed by atoms with van der Waals surface area (Å²) in [5.74, 6) is -0.0515. The average Bonchev–Trinajstić information content (AvgIpc) is 2.20. The molecule has 0 atom stereocenters. The molecule has 78 valence electrons. The zero-order chi connectivity index (χ0) is 10.6. The minimum atomic E-state index is -0.0515. The highest BCUT2D eigenvalue weighted by atomic mass is 16.1. The summed E-state index contributed by atoms with van der Waals surface area (Å²) in [7, 11) is 0. The van der Waals surface area contributed by atoms with Gasteiger partial charge in [0, 0.05) is 6.54 Å². The van der Waals surface area contributed by atoms with Crippen LogP contribution in [0.5, 0.6) is 0 Å². The Labute approximate surface area is 86.4 Å². The fraction of sp³-hybridized carbons (Fsp3) is 0.417. The molecule has 0 aliphatic carbocycles. The van der Waals surface area contributed by atoms with E-state index in [1.807, 2.05) is 6.08 Å². The second-order valence-electron chi connectivity index (χ2n) is 2.89. The molecule has 0 bridgehead atoms. The number of hydrogen-bond acceptors (Lipinski definition) is 1. The van der Waals surface area contributed by atoms with Gasteiger partial charge in [-0.05, 0) is 25.3 Å². The van der Waals surface area contributed by atoms with Crippen molar-refractivity contribution in [3.63, 3.8) is 0 Å². The summed E-state index contributed by atoms with van der Waals surface area (Å²) in [6.07, 6.45) is 12.4. The van der Waals surface area contributed by atoms with Crippen LogP contribution >= 0.6 is 0 Å². The molecule has 0 aliphatic heterocycles. The normalized spacial score (nSPS) is 10.9. The van der Waals surface area contributed by atoms with Crippen molar-refractivity contribution >= 4 is 5.91 Å². The maximum Gasteiger partial charge on any atom is 0.243 e. The highest BCUT2D eigenvalue weighted by Crippen LogP contribution is 1.93. The number of nitrogens with one attached hydrogen (secondary N) is 1. The number of unbranched alkanes of at least 4 members (excludes halogenated alkanes) is 1. The molecule has 2 nitrogen and oxygen atoms in total. The number of rotatable bonds is 7. The van der Waals surface area contributed by atoms with Gasteiger partial charge in [-0.15, -0.1) is 6.58 Å². The van der Waals surface area contributed by atoms with Crippen LogP contribution in [0.25, 0.3) is 0 Å². The largest absolute Gasteiger partial charge is 0.349 e. The van der Waals surface area contributed by atoms with E-state index < -0.39 is 0 Å². The van der Waals surface area contributed by atoms with Crippen molar-refractivity contribution in [2.75, 3.05) is 6.54 Å². The van der Waals surface area contributed by atoms with E-state index in [1.54, 1.807) is 12.2 Å². The number of amides is 1. The van der Waals surface area contributed by atoms with Gasteiger partial charge in [-0.3, -0.25) is 4.79 Å². The van der Waals surface area contributed by atoms with Crippen LogP contribution in [-0.4, -0.2) is 12.5 Å². The third-order valence-electron chi connectivity index (χ3n) is 1.59. The van der Waals surface area contributed by atoms with Crippen molar-refractivity contribution < 1.29 is 4.79 Å². The molecule has 0 aliphatic rings. The van der Waals surface area contributed by atoms with Crippen LogP contribution in [0.3, 0.4) is 0 Å². The topological polar surface area (TPSA) is 29.1 Å². The summed E-state index contributed by atoms with van der Waals surface area (Å²) in [5, 5.41) is 2.67. The summed E-state index contributed by atoms with van der Waals surface area (Å²) >= 11 is 0. The molecule has 0 unspecified atom stereocenters. The van der Waals surface area contributed by atoms with Gasteiger partial charge in [0.25, 0.3) is 0 Å². The van der Waals surface area contributed by atoms with Gasteiger partial charge in [0.15, 0.2) is 0 Å². The van der Waals surface area contributed by atoms with Gasteiger partial charge in [-0.25, -0.2) is 0 Å². The molecule has 1 amide bonds. The molecular formula is C12H19NO. The van der Waals surface area contributed by atoms with Gasteiger partial charge in [0.1, 0.15) is 0 Å². The number of carbonyl (C=O) groups is 1. The standard InChI is InChI=1S/C12H19NO/c1-3-5-6-7-8-9-10-12(14)13-11-4-2/h4-6,9-10H,2-3,7-8,11H2,1H3,(H,13,14)/b6-5+,10-9+. The number of allylic oxidation sites excluding steroid dienone is 3. The van der Waals surface area contributed by atoms with E-state index in [4.69, 9.17) is 0 Å². The van der Waals surface area contributed by atoms with E-state index in [9.17, 15) is 4.79 Å². The fourth-order valence-corrected chi connectivity index (χ4v) is 0.899. The molecule has 0 aromatic heterocycles. The second-order valence-corrected chi connectivity index (χ2v) is 2.89. The lowest BCUT2D eigenvalue weighted by Crippen LogP contribution is -2.20. The van der Waals surface area contributed by atoms with Crippen molar-refractivity contribution in [3.8, 4) is 0 Å². The second kappa shape index (κ2) is 9.78. The maximum atomic E-state index is 11.0. The summed E-state index contributed by atoms with van der Waals surface area (Å²) in [6, 6.07) is 0. The Balaban J connectivity index is 3.46. The molecule has 0 saturated carbocycles. The zero-order valence-corrected chi connectivity index (χ0v) is 8.83. The maximum absolute atomic E-state index is 11.0. The molecule has 1 N–H and O–H groups in total. The van der Waals surface area contributed by atoms with Crippen LogP contribution in [0.2, 0.25) is 0 Å². The molecule has 0 aromatic carbocycles. The Morgan fingerprint density at radius 3 is 2.64 bits per heavy atom. The van der Waals surface area contributed by atoms with Crippen LogP contribution in [0.1, 0.15) is 26.2 Å². The Bertz CT molecular complexity index is 216. The van der Waals surface area contributed by atoms with E-state index in [1.165, 1.54) is 0 Å². The smallest absolute Gasteiger partial charge is 0.243 e. The number of carbonyl (C=O) groups excluding carboxylic acids is 1. The highest BCUT2D eigenvalue weighted by molar-refractivity contribution is 5.87. The molecule has 0 fully saturated rings. The highest BCUT2D eigenvalue weighted by Gasteiger charge is 1.89. The van der Waals surface area contributed by atoms with Crippen molar-refractivity contribution in [2.45, 2.75) is 26.2 Å². The molecule has 2 heteroatoms. The van der Waals surface area contributed by atoms with Gasteiger partial charge in [0.2, 0.25) is 5.91 Å². The van der Waals surface area contributed by atoms with Gasteiger partial charge in [-0.1, -0.05) is 31.2 Å². The quantitative estimate of drug-likeness (QED) is 0.376. The molecule has 0 radical (unpaired) electrons. The first kappa shape index (κ1) is 12.7. The predicted molar refractivity (Wildman–Crippen MR) is 61.0 cm³/mol. The Hall–Kier alpha value is -1.31. The molecular weight excluding hydrogens is 174 g/mol. The molecule has 14 heavy (non-hydrogen) atoms. The van der Waals surface area contributed by atoms with Gasteiger partial charge < -0.3 is 5.32 Å². The molecule has 0 rings (SSSR count). The first-order valence-electron chi connectivity index (χ1n) is 5.01. The summed E-state index contributed by atoms with van der Waals surface area (Å²) in [6.45, 7) is 6.15. The van der Waals surface area contributed by atoms with Crippen LogP contribution < -0.4 is 5.32 Å². The van der Waals surface area contributed by atoms with Crippen molar-refractivity contribution in [3.05, 3.63) is 37.0 Å². The van der Waals surface area contributed by atoms with E-state index in [0.717, 1.165) is 19.3 Å². The third-order valence-corrected chi connectivity index (χ3v) is 1.59. The lowest BCUT2D eigenvalue weighted by atomic mass is 10.2. The Morgan fingerprint density at radius 1 is 1.29 bits per heavy atom. The van der Waals surface area contributed by atoms with Gasteiger partial charge >= 0.3 is 0 Å². The van der Waals surface area contributed by atoms with Crippen LogP contribution in [0, 0.1) is 0 Å². The molecule has 0 saturated heterocycles. The monoisotopic (exact) mass is 193 g/mol. The molecule has 0 spiro atoms. The van der Waals surface area contributed by atoms with E-state index in [0.29, 0.717) is 6.54 Å². The SMILES string of the molecule is C=CCNC(=O)/C=C/CC/C=C/CC. The van der Waals surface area contributed by atoms with Gasteiger partial charge in [-0.2, -0.15) is 0 Å². The molecule has 0 heterocycles. The third kappa shape index (κ3) is 8.78. The Morgan fingerprint density at radius 2 is 2.00 bits per heavy atom. The van der Waals surface area contributed by atoms with E-state index in [2.05, 4.69) is 31.0 Å². The van der Waals surface area contributed by atoms with Crippen LogP contribution in [0.4, 0.5) is 0 Å². The first-order valence-corrected chi connectivity index (χ1v) is 5.01. The Kier molecular flexibility index (Phi) is 8.86. The summed E-state index contributed by atoms with van der Waals surface area (Å²) in [4.78, 5) is 11.0. The number of hydrogen-bond donors (Lipinski definition) is 1. The molecule has 0 aromatic rings. The van der Waals surface area contributed by atoms with E-state index >= 15 is 0 Å².